The molecule has 0 aliphatic carbocycles. The first kappa shape index (κ1) is 11.6. The Morgan fingerprint density at radius 1 is 1.43 bits per heavy atom. The number of methoxy groups -OCH3 is 1. The third kappa shape index (κ3) is 3.33. The minimum atomic E-state index is 0.587. The smallest absolute Gasteiger partial charge is 0.119 e. The molecule has 1 aromatic rings. The Balaban J connectivity index is 2.69. The normalized spacial score (nSPS) is 12.6. The first-order valence-electron chi connectivity index (χ1n) is 4.91. The van der Waals surface area contributed by atoms with Crippen molar-refractivity contribution in [2.24, 2.45) is 0 Å². The van der Waals surface area contributed by atoms with Gasteiger partial charge in [-0.1, -0.05) is 28.9 Å². The molecule has 78 valence electrons. The van der Waals surface area contributed by atoms with Crippen LogP contribution in [0.2, 0.25) is 0 Å². The molecule has 0 amide bonds. The van der Waals surface area contributed by atoms with Crippen molar-refractivity contribution in [1.82, 2.24) is 0 Å². The summed E-state index contributed by atoms with van der Waals surface area (Å²) in [5, 5.41) is 0. The molecule has 1 rings (SSSR count). The Labute approximate surface area is 94.6 Å². The van der Waals surface area contributed by atoms with Gasteiger partial charge >= 0.3 is 0 Å². The summed E-state index contributed by atoms with van der Waals surface area (Å²) in [6.07, 6.45) is 2.30. The maximum absolute atomic E-state index is 5.17. The maximum Gasteiger partial charge on any atom is 0.119 e. The summed E-state index contributed by atoms with van der Waals surface area (Å²) >= 11 is 3.56. The molecular weight excluding hydrogens is 240 g/mol. The second kappa shape index (κ2) is 5.40. The van der Waals surface area contributed by atoms with E-state index in [9.17, 15) is 0 Å². The van der Waals surface area contributed by atoms with Crippen LogP contribution in [0.3, 0.4) is 0 Å². The number of hydrogen-bond acceptors (Lipinski definition) is 1. The van der Waals surface area contributed by atoms with Gasteiger partial charge in [0, 0.05) is 4.83 Å². The first-order valence-corrected chi connectivity index (χ1v) is 5.82. The van der Waals surface area contributed by atoms with Crippen molar-refractivity contribution in [3.8, 4) is 5.75 Å². The van der Waals surface area contributed by atoms with Crippen molar-refractivity contribution in [3.63, 3.8) is 0 Å². The van der Waals surface area contributed by atoms with Gasteiger partial charge in [-0.3, -0.25) is 0 Å². The second-order valence-corrected chi connectivity index (χ2v) is 5.18. The van der Waals surface area contributed by atoms with Crippen LogP contribution in [0.1, 0.15) is 24.5 Å². The summed E-state index contributed by atoms with van der Waals surface area (Å²) in [6, 6.07) is 6.28. The molecular formula is C12H17BrO. The minimum Gasteiger partial charge on any atom is -0.497 e. The first-order chi connectivity index (χ1) is 6.63. The predicted octanol–water partition coefficient (Wildman–Crippen LogP) is 3.72. The quantitative estimate of drug-likeness (QED) is 0.747. The lowest BCUT2D eigenvalue weighted by molar-refractivity contribution is 0.414. The molecule has 0 heterocycles. The van der Waals surface area contributed by atoms with E-state index >= 15 is 0 Å². The molecule has 1 nitrogen and oxygen atoms in total. The highest BCUT2D eigenvalue weighted by atomic mass is 79.9. The van der Waals surface area contributed by atoms with E-state index in [4.69, 9.17) is 4.74 Å². The molecule has 0 fully saturated rings. The molecule has 1 atom stereocenters. The zero-order valence-electron chi connectivity index (χ0n) is 9.01. The van der Waals surface area contributed by atoms with Crippen LogP contribution in [0.4, 0.5) is 0 Å². The van der Waals surface area contributed by atoms with Crippen LogP contribution >= 0.6 is 15.9 Å². The van der Waals surface area contributed by atoms with E-state index in [2.05, 4.69) is 41.9 Å². The number of alkyl halides is 1. The summed E-state index contributed by atoms with van der Waals surface area (Å²) in [5.74, 6) is 0.943. The Hall–Kier alpha value is -0.500. The van der Waals surface area contributed by atoms with Gasteiger partial charge in [0.05, 0.1) is 7.11 Å². The summed E-state index contributed by atoms with van der Waals surface area (Å²) in [7, 11) is 1.70. The van der Waals surface area contributed by atoms with E-state index in [0.29, 0.717) is 4.83 Å². The number of benzene rings is 1. The van der Waals surface area contributed by atoms with Gasteiger partial charge in [0.2, 0.25) is 0 Å². The molecule has 0 aliphatic rings. The SMILES string of the molecule is COc1ccc(CCC(C)Br)c(C)c1. The monoisotopic (exact) mass is 256 g/mol. The van der Waals surface area contributed by atoms with Gasteiger partial charge in [-0.2, -0.15) is 0 Å². The third-order valence-electron chi connectivity index (χ3n) is 2.36. The molecule has 2 heteroatoms. The lowest BCUT2D eigenvalue weighted by Crippen LogP contribution is -1.96. The fourth-order valence-electron chi connectivity index (χ4n) is 1.43. The highest BCUT2D eigenvalue weighted by Crippen LogP contribution is 2.19. The van der Waals surface area contributed by atoms with Crippen molar-refractivity contribution in [1.29, 1.82) is 0 Å². The zero-order chi connectivity index (χ0) is 10.6. The fraction of sp³-hybridized carbons (Fsp3) is 0.500. The summed E-state index contributed by atoms with van der Waals surface area (Å²) < 4.78 is 5.17. The standard InChI is InChI=1S/C12H17BrO/c1-9-8-12(14-3)7-6-11(9)5-4-10(2)13/h6-8,10H,4-5H2,1-3H3. The average Bonchev–Trinajstić information content (AvgIpc) is 2.15. The number of aryl methyl sites for hydroxylation is 2. The Morgan fingerprint density at radius 3 is 2.64 bits per heavy atom. The van der Waals surface area contributed by atoms with Crippen LogP contribution < -0.4 is 4.74 Å². The lowest BCUT2D eigenvalue weighted by atomic mass is 10.0. The molecule has 0 aromatic heterocycles. The minimum absolute atomic E-state index is 0.587. The van der Waals surface area contributed by atoms with E-state index in [1.54, 1.807) is 7.11 Å². The maximum atomic E-state index is 5.17. The van der Waals surface area contributed by atoms with Crippen LogP contribution in [-0.2, 0) is 6.42 Å². The molecule has 0 spiro atoms. The molecule has 1 unspecified atom stereocenters. The lowest BCUT2D eigenvalue weighted by Gasteiger charge is -2.08. The number of ether oxygens (including phenoxy) is 1. The van der Waals surface area contributed by atoms with Gasteiger partial charge < -0.3 is 4.74 Å². The Bertz CT molecular complexity index is 294. The van der Waals surface area contributed by atoms with E-state index in [1.807, 2.05) is 6.07 Å². The average molecular weight is 257 g/mol. The molecule has 0 saturated heterocycles. The molecule has 0 aliphatic heterocycles. The molecule has 14 heavy (non-hydrogen) atoms. The molecule has 0 N–H and O–H groups in total. The van der Waals surface area contributed by atoms with Gasteiger partial charge in [0.1, 0.15) is 5.75 Å². The van der Waals surface area contributed by atoms with Gasteiger partial charge in [0.15, 0.2) is 0 Å². The summed E-state index contributed by atoms with van der Waals surface area (Å²) in [6.45, 7) is 4.32. The Kier molecular flexibility index (Phi) is 4.46. The molecule has 0 saturated carbocycles. The van der Waals surface area contributed by atoms with Crippen LogP contribution in [-0.4, -0.2) is 11.9 Å². The fourth-order valence-corrected chi connectivity index (χ4v) is 1.66. The zero-order valence-corrected chi connectivity index (χ0v) is 10.6. The number of hydrogen-bond donors (Lipinski definition) is 0. The Morgan fingerprint density at radius 2 is 2.14 bits per heavy atom. The highest BCUT2D eigenvalue weighted by Gasteiger charge is 2.02. The number of halogens is 1. The van der Waals surface area contributed by atoms with Crippen molar-refractivity contribution < 1.29 is 4.74 Å². The van der Waals surface area contributed by atoms with Crippen molar-refractivity contribution in [2.75, 3.05) is 7.11 Å². The molecule has 1 aromatic carbocycles. The van der Waals surface area contributed by atoms with Crippen molar-refractivity contribution in [3.05, 3.63) is 29.3 Å². The van der Waals surface area contributed by atoms with Crippen molar-refractivity contribution in [2.45, 2.75) is 31.5 Å². The van der Waals surface area contributed by atoms with E-state index in [0.717, 1.165) is 12.2 Å². The second-order valence-electron chi connectivity index (χ2n) is 3.61. The summed E-state index contributed by atoms with van der Waals surface area (Å²) in [5.41, 5.74) is 2.73. The van der Waals surface area contributed by atoms with E-state index < -0.39 is 0 Å². The molecule has 0 radical (unpaired) electrons. The van der Waals surface area contributed by atoms with Crippen LogP contribution in [0.5, 0.6) is 5.75 Å². The van der Waals surface area contributed by atoms with Gasteiger partial charge in [0.25, 0.3) is 0 Å². The number of rotatable bonds is 4. The van der Waals surface area contributed by atoms with Gasteiger partial charge in [-0.25, -0.2) is 0 Å². The van der Waals surface area contributed by atoms with Gasteiger partial charge in [-0.05, 0) is 43.0 Å². The van der Waals surface area contributed by atoms with E-state index in [1.165, 1.54) is 17.5 Å². The van der Waals surface area contributed by atoms with Crippen LogP contribution in [0.15, 0.2) is 18.2 Å². The summed E-state index contributed by atoms with van der Waals surface area (Å²) in [4.78, 5) is 0.587. The topological polar surface area (TPSA) is 9.23 Å². The predicted molar refractivity (Wildman–Crippen MR) is 64.4 cm³/mol. The van der Waals surface area contributed by atoms with E-state index in [-0.39, 0.29) is 0 Å². The highest BCUT2D eigenvalue weighted by molar-refractivity contribution is 9.09. The molecule has 0 bridgehead atoms. The van der Waals surface area contributed by atoms with Gasteiger partial charge in [-0.15, -0.1) is 0 Å². The van der Waals surface area contributed by atoms with Crippen LogP contribution in [0.25, 0.3) is 0 Å². The van der Waals surface area contributed by atoms with Crippen LogP contribution in [0, 0.1) is 6.92 Å². The third-order valence-corrected chi connectivity index (χ3v) is 2.82. The largest absolute Gasteiger partial charge is 0.497 e. The van der Waals surface area contributed by atoms with Crippen molar-refractivity contribution >= 4 is 15.9 Å².